The van der Waals surface area contributed by atoms with Crippen molar-refractivity contribution in [1.82, 2.24) is 20.9 Å². The number of carbonyl (C=O) groups excluding carboxylic acids is 3. The van der Waals surface area contributed by atoms with Crippen LogP contribution in [0.3, 0.4) is 0 Å². The molecule has 10 N–H and O–H groups in total. The number of carbonyl (C=O) groups is 4. The Morgan fingerprint density at radius 1 is 0.875 bits per heavy atom. The summed E-state index contributed by atoms with van der Waals surface area (Å²) in [6.07, 6.45) is 0.383. The van der Waals surface area contributed by atoms with Crippen LogP contribution in [-0.4, -0.2) is 86.0 Å². The van der Waals surface area contributed by atoms with Crippen LogP contribution in [0.15, 0.2) is 54.7 Å². The molecule has 13 nitrogen and oxygen atoms in total. The van der Waals surface area contributed by atoms with Gasteiger partial charge in [-0.05, 0) is 36.2 Å². The number of para-hydroxylation sites is 1. The fraction of sp³-hybridized carbons (Fsp3) is 0.333. The van der Waals surface area contributed by atoms with Crippen molar-refractivity contribution in [2.75, 3.05) is 6.61 Å². The molecule has 3 aromatic rings. The molecule has 0 aliphatic heterocycles. The van der Waals surface area contributed by atoms with Crippen molar-refractivity contribution in [3.63, 3.8) is 0 Å². The number of carboxylic acid groups (broad SMARTS) is 1. The first kappa shape index (κ1) is 30.1. The molecule has 13 heteroatoms. The zero-order valence-electron chi connectivity index (χ0n) is 21.7. The minimum atomic E-state index is -1.61. The average Bonchev–Trinajstić information content (AvgIpc) is 3.33. The molecule has 3 amide bonds. The van der Waals surface area contributed by atoms with Gasteiger partial charge in [-0.25, -0.2) is 4.79 Å². The highest BCUT2D eigenvalue weighted by Crippen LogP contribution is 2.19. The lowest BCUT2D eigenvalue weighted by Gasteiger charge is -2.25. The Morgan fingerprint density at radius 2 is 1.45 bits per heavy atom. The zero-order chi connectivity index (χ0) is 29.4. The fourth-order valence-electron chi connectivity index (χ4n) is 4.02. The van der Waals surface area contributed by atoms with E-state index in [2.05, 4.69) is 20.9 Å². The second-order valence-electron chi connectivity index (χ2n) is 9.40. The summed E-state index contributed by atoms with van der Waals surface area (Å²) in [6.45, 7) is 0.453. The summed E-state index contributed by atoms with van der Waals surface area (Å²) in [6, 6.07) is 7.65. The number of phenols is 1. The Hall–Kier alpha value is -4.46. The molecular weight excluding hydrogens is 522 g/mol. The Labute approximate surface area is 229 Å². The molecule has 0 bridgehead atoms. The number of benzene rings is 2. The van der Waals surface area contributed by atoms with E-state index in [0.717, 1.165) is 10.9 Å². The van der Waals surface area contributed by atoms with Gasteiger partial charge in [-0.1, -0.05) is 30.3 Å². The number of amides is 3. The molecule has 0 spiro atoms. The van der Waals surface area contributed by atoms with Crippen molar-refractivity contribution in [3.8, 4) is 5.75 Å². The number of hydrogen-bond acceptors (Lipinski definition) is 8. The van der Waals surface area contributed by atoms with Crippen LogP contribution in [0.1, 0.15) is 18.1 Å². The standard InChI is InChI=1S/C27H33N5O8/c1-14(34)23(28)26(38)31-21(11-16-12-29-19-5-3-2-4-18(16)19)25(37)30-20(10-15-6-8-17(35)9-7-15)24(36)32-22(13-33)27(39)40/h2-9,12,14,20-23,29,33-35H,10-11,13,28H2,1H3,(H,30,37)(H,31,38)(H,32,36)(H,39,40). The minimum absolute atomic E-state index is 0.00391. The summed E-state index contributed by atoms with van der Waals surface area (Å²) in [7, 11) is 0. The molecule has 0 aliphatic carbocycles. The highest BCUT2D eigenvalue weighted by molar-refractivity contribution is 5.95. The van der Waals surface area contributed by atoms with Crippen LogP contribution in [0.2, 0.25) is 0 Å². The number of rotatable bonds is 13. The second kappa shape index (κ2) is 13.6. The number of aromatic nitrogens is 1. The molecule has 1 heterocycles. The van der Waals surface area contributed by atoms with Gasteiger partial charge < -0.3 is 47.1 Å². The highest BCUT2D eigenvalue weighted by atomic mass is 16.4. The monoisotopic (exact) mass is 555 g/mol. The summed E-state index contributed by atoms with van der Waals surface area (Å²) in [5.74, 6) is -3.94. The summed E-state index contributed by atoms with van der Waals surface area (Å²) in [5, 5.41) is 46.0. The van der Waals surface area contributed by atoms with Crippen LogP contribution in [0, 0.1) is 0 Å². The molecule has 40 heavy (non-hydrogen) atoms. The van der Waals surface area contributed by atoms with Crippen molar-refractivity contribution in [2.45, 2.75) is 50.0 Å². The van der Waals surface area contributed by atoms with Crippen LogP contribution < -0.4 is 21.7 Å². The van der Waals surface area contributed by atoms with Crippen molar-refractivity contribution in [3.05, 3.63) is 65.9 Å². The molecular formula is C27H33N5O8. The van der Waals surface area contributed by atoms with Gasteiger partial charge in [0.15, 0.2) is 0 Å². The largest absolute Gasteiger partial charge is 0.508 e. The Balaban J connectivity index is 1.90. The predicted octanol–water partition coefficient (Wildman–Crippen LogP) is -1.10. The van der Waals surface area contributed by atoms with E-state index in [-0.39, 0.29) is 18.6 Å². The molecule has 0 saturated heterocycles. The predicted molar refractivity (Wildman–Crippen MR) is 144 cm³/mol. The molecule has 214 valence electrons. The first-order valence-electron chi connectivity index (χ1n) is 12.5. The molecule has 0 aliphatic rings. The third-order valence-corrected chi connectivity index (χ3v) is 6.36. The number of phenolic OH excluding ortho intramolecular Hbond substituents is 1. The maximum absolute atomic E-state index is 13.6. The van der Waals surface area contributed by atoms with Gasteiger partial charge in [0.2, 0.25) is 17.7 Å². The van der Waals surface area contributed by atoms with Gasteiger partial charge in [0.05, 0.1) is 12.7 Å². The smallest absolute Gasteiger partial charge is 0.328 e. The molecule has 2 aromatic carbocycles. The number of fused-ring (bicyclic) bond motifs is 1. The van der Waals surface area contributed by atoms with Crippen LogP contribution in [0.5, 0.6) is 5.75 Å². The number of aromatic hydroxyl groups is 1. The number of aliphatic hydroxyl groups excluding tert-OH is 2. The lowest BCUT2D eigenvalue weighted by atomic mass is 10.0. The third-order valence-electron chi connectivity index (χ3n) is 6.36. The van der Waals surface area contributed by atoms with Crippen LogP contribution in [-0.2, 0) is 32.0 Å². The van der Waals surface area contributed by atoms with Crippen molar-refractivity contribution in [2.24, 2.45) is 5.73 Å². The van der Waals surface area contributed by atoms with Crippen molar-refractivity contribution >= 4 is 34.6 Å². The van der Waals surface area contributed by atoms with Crippen LogP contribution >= 0.6 is 0 Å². The van der Waals surface area contributed by atoms with Gasteiger partial charge in [-0.2, -0.15) is 0 Å². The molecule has 0 radical (unpaired) electrons. The Bertz CT molecular complexity index is 1340. The number of nitrogens with one attached hydrogen (secondary N) is 4. The Kier molecular flexibility index (Phi) is 10.2. The number of aliphatic carboxylic acids is 1. The molecule has 0 saturated carbocycles. The zero-order valence-corrected chi connectivity index (χ0v) is 21.7. The van der Waals surface area contributed by atoms with Gasteiger partial charge in [-0.3, -0.25) is 14.4 Å². The lowest BCUT2D eigenvalue weighted by Crippen LogP contribution is -2.59. The maximum Gasteiger partial charge on any atom is 0.328 e. The summed E-state index contributed by atoms with van der Waals surface area (Å²) in [4.78, 5) is 53.8. The first-order valence-corrected chi connectivity index (χ1v) is 12.5. The van der Waals surface area contributed by atoms with E-state index in [0.29, 0.717) is 11.1 Å². The number of nitrogens with two attached hydrogens (primary N) is 1. The summed E-state index contributed by atoms with van der Waals surface area (Å²) in [5.41, 5.74) is 7.79. The average molecular weight is 556 g/mol. The van der Waals surface area contributed by atoms with Crippen molar-refractivity contribution in [1.29, 1.82) is 0 Å². The second-order valence-corrected chi connectivity index (χ2v) is 9.40. The van der Waals surface area contributed by atoms with E-state index in [4.69, 9.17) is 5.73 Å². The van der Waals surface area contributed by atoms with Crippen LogP contribution in [0.4, 0.5) is 0 Å². The SMILES string of the molecule is CC(O)C(N)C(=O)NC(Cc1c[nH]c2ccccc12)C(=O)NC(Cc1ccc(O)cc1)C(=O)NC(CO)C(=O)O. The number of hydrogen-bond donors (Lipinski definition) is 9. The Morgan fingerprint density at radius 3 is 2.05 bits per heavy atom. The van der Waals surface area contributed by atoms with Crippen molar-refractivity contribution < 1.29 is 39.6 Å². The van der Waals surface area contributed by atoms with Gasteiger partial charge in [0, 0.05) is 29.9 Å². The van der Waals surface area contributed by atoms with E-state index < -0.39 is 60.6 Å². The summed E-state index contributed by atoms with van der Waals surface area (Å²) < 4.78 is 0. The van der Waals surface area contributed by atoms with Crippen LogP contribution in [0.25, 0.3) is 10.9 Å². The maximum atomic E-state index is 13.6. The fourth-order valence-corrected chi connectivity index (χ4v) is 4.02. The van der Waals surface area contributed by atoms with E-state index in [9.17, 15) is 39.6 Å². The van der Waals surface area contributed by atoms with E-state index in [1.165, 1.54) is 31.2 Å². The quantitative estimate of drug-likeness (QED) is 0.124. The number of aromatic amines is 1. The number of carboxylic acids is 1. The third kappa shape index (κ3) is 7.79. The molecule has 3 rings (SSSR count). The molecule has 1 aromatic heterocycles. The van der Waals surface area contributed by atoms with Gasteiger partial charge in [0.1, 0.15) is 29.9 Å². The molecule has 5 unspecified atom stereocenters. The lowest BCUT2D eigenvalue weighted by molar-refractivity contribution is -0.143. The summed E-state index contributed by atoms with van der Waals surface area (Å²) >= 11 is 0. The van der Waals surface area contributed by atoms with Gasteiger partial charge >= 0.3 is 5.97 Å². The number of aliphatic hydroxyl groups is 2. The van der Waals surface area contributed by atoms with Gasteiger partial charge in [-0.15, -0.1) is 0 Å². The molecule has 0 fully saturated rings. The topological polar surface area (TPSA) is 227 Å². The van der Waals surface area contributed by atoms with E-state index >= 15 is 0 Å². The normalized spacial score (nSPS) is 14.9. The van der Waals surface area contributed by atoms with Gasteiger partial charge in [0.25, 0.3) is 0 Å². The minimum Gasteiger partial charge on any atom is -0.508 e. The van der Waals surface area contributed by atoms with E-state index in [1.54, 1.807) is 6.20 Å². The molecule has 5 atom stereocenters. The van der Waals surface area contributed by atoms with E-state index in [1.807, 2.05) is 24.3 Å². The first-order chi connectivity index (χ1) is 19.0. The highest BCUT2D eigenvalue weighted by Gasteiger charge is 2.31. The number of H-pyrrole nitrogens is 1.